The third-order valence-corrected chi connectivity index (χ3v) is 5.79. The highest BCUT2D eigenvalue weighted by atomic mass is 32.2. The summed E-state index contributed by atoms with van der Waals surface area (Å²) in [6, 6.07) is 13.9. The summed E-state index contributed by atoms with van der Waals surface area (Å²) in [5.41, 5.74) is 1.22. The van der Waals surface area contributed by atoms with Crippen molar-refractivity contribution in [3.63, 3.8) is 0 Å². The van der Waals surface area contributed by atoms with Crippen LogP contribution in [0.3, 0.4) is 0 Å². The summed E-state index contributed by atoms with van der Waals surface area (Å²) in [5, 5.41) is 12.3. The van der Waals surface area contributed by atoms with Gasteiger partial charge in [-0.3, -0.25) is 18.6 Å². The first-order valence-corrected chi connectivity index (χ1v) is 11.0. The van der Waals surface area contributed by atoms with E-state index in [1.807, 2.05) is 25.1 Å². The minimum Gasteiger partial charge on any atom is -0.465 e. The third-order valence-electron chi connectivity index (χ3n) is 4.86. The maximum atomic E-state index is 12.9. The van der Waals surface area contributed by atoms with Crippen LogP contribution < -0.4 is 10.9 Å². The molecule has 2 aromatic carbocycles. The average Bonchev–Trinajstić information content (AvgIpc) is 3.24. The van der Waals surface area contributed by atoms with Crippen molar-refractivity contribution < 1.29 is 14.3 Å². The van der Waals surface area contributed by atoms with Gasteiger partial charge in [0.25, 0.3) is 5.56 Å². The zero-order valence-corrected chi connectivity index (χ0v) is 18.4. The summed E-state index contributed by atoms with van der Waals surface area (Å²) < 4.78 is 8.16. The number of benzene rings is 2. The van der Waals surface area contributed by atoms with Gasteiger partial charge < -0.3 is 10.1 Å². The van der Waals surface area contributed by atoms with E-state index in [0.717, 1.165) is 6.42 Å². The SMILES string of the molecule is CCCn1c(=O)c2ccccc2n2c(SCC(=O)Nc3ccccc3C(=O)OC)nnc12. The van der Waals surface area contributed by atoms with Crippen LogP contribution >= 0.6 is 11.8 Å². The molecule has 0 saturated heterocycles. The molecule has 0 fully saturated rings. The Morgan fingerprint density at radius 3 is 2.62 bits per heavy atom. The minimum absolute atomic E-state index is 0.0392. The molecule has 1 N–H and O–H groups in total. The highest BCUT2D eigenvalue weighted by Gasteiger charge is 2.18. The number of carbonyl (C=O) groups is 2. The van der Waals surface area contributed by atoms with E-state index in [-0.39, 0.29) is 22.8 Å². The Bertz CT molecular complexity index is 1380. The number of rotatable bonds is 7. The smallest absolute Gasteiger partial charge is 0.339 e. The molecule has 0 aliphatic heterocycles. The van der Waals surface area contributed by atoms with Gasteiger partial charge in [0.2, 0.25) is 11.7 Å². The Hall–Kier alpha value is -3.66. The fourth-order valence-corrected chi connectivity index (χ4v) is 4.19. The summed E-state index contributed by atoms with van der Waals surface area (Å²) >= 11 is 1.20. The third kappa shape index (κ3) is 3.96. The number of hydrogen-bond donors (Lipinski definition) is 1. The number of aromatic nitrogens is 4. The van der Waals surface area contributed by atoms with E-state index in [9.17, 15) is 14.4 Å². The standard InChI is InChI=1S/C22H21N5O4S/c1-3-12-26-19(29)15-9-5-7-11-17(15)27-21(26)24-25-22(27)32-13-18(28)23-16-10-6-4-8-14(16)20(30)31-2/h4-11H,3,12-13H2,1-2H3,(H,23,28). The number of thioether (sulfide) groups is 1. The molecule has 4 rings (SSSR count). The van der Waals surface area contributed by atoms with Crippen molar-refractivity contribution in [3.05, 3.63) is 64.4 Å². The van der Waals surface area contributed by atoms with E-state index in [0.29, 0.717) is 34.1 Å². The number of aryl methyl sites for hydroxylation is 1. The van der Waals surface area contributed by atoms with Gasteiger partial charge >= 0.3 is 5.97 Å². The first-order chi connectivity index (χ1) is 15.5. The van der Waals surface area contributed by atoms with Gasteiger partial charge in [0.05, 0.1) is 35.0 Å². The number of fused-ring (bicyclic) bond motifs is 3. The maximum Gasteiger partial charge on any atom is 0.339 e. The molecule has 4 aromatic rings. The van der Waals surface area contributed by atoms with Gasteiger partial charge in [0.15, 0.2) is 5.16 Å². The van der Waals surface area contributed by atoms with Gasteiger partial charge in [-0.25, -0.2) is 4.79 Å². The lowest BCUT2D eigenvalue weighted by Gasteiger charge is -2.11. The second-order valence-corrected chi connectivity index (χ2v) is 7.91. The Morgan fingerprint density at radius 2 is 1.84 bits per heavy atom. The molecule has 0 atom stereocenters. The molecule has 10 heteroatoms. The molecule has 2 heterocycles. The van der Waals surface area contributed by atoms with Gasteiger partial charge in [-0.05, 0) is 30.7 Å². The van der Waals surface area contributed by atoms with E-state index in [2.05, 4.69) is 15.5 Å². The van der Waals surface area contributed by atoms with Crippen LogP contribution in [0.5, 0.6) is 0 Å². The first-order valence-electron chi connectivity index (χ1n) is 10.0. The Morgan fingerprint density at radius 1 is 1.09 bits per heavy atom. The second kappa shape index (κ2) is 9.23. The molecule has 0 saturated carbocycles. The van der Waals surface area contributed by atoms with Crippen LogP contribution in [0.4, 0.5) is 5.69 Å². The lowest BCUT2D eigenvalue weighted by molar-refractivity contribution is -0.113. The number of amides is 1. The first kappa shape index (κ1) is 21.6. The predicted molar refractivity (Wildman–Crippen MR) is 122 cm³/mol. The average molecular weight is 452 g/mol. The van der Waals surface area contributed by atoms with Crippen molar-refractivity contribution in [2.45, 2.75) is 25.0 Å². The van der Waals surface area contributed by atoms with Gasteiger partial charge in [-0.15, -0.1) is 10.2 Å². The molecule has 9 nitrogen and oxygen atoms in total. The second-order valence-electron chi connectivity index (χ2n) is 6.97. The number of nitrogens with zero attached hydrogens (tertiary/aromatic N) is 4. The van der Waals surface area contributed by atoms with E-state index < -0.39 is 5.97 Å². The van der Waals surface area contributed by atoms with E-state index >= 15 is 0 Å². The quantitative estimate of drug-likeness (QED) is 0.340. The molecule has 164 valence electrons. The number of ether oxygens (including phenoxy) is 1. The van der Waals surface area contributed by atoms with Crippen molar-refractivity contribution in [1.82, 2.24) is 19.2 Å². The molecular weight excluding hydrogens is 430 g/mol. The van der Waals surface area contributed by atoms with Crippen LogP contribution in [-0.4, -0.2) is 43.9 Å². The predicted octanol–water partition coefficient (Wildman–Crippen LogP) is 2.97. The van der Waals surface area contributed by atoms with Crippen molar-refractivity contribution in [2.75, 3.05) is 18.2 Å². The number of anilines is 1. The molecule has 0 radical (unpaired) electrons. The van der Waals surface area contributed by atoms with E-state index in [4.69, 9.17) is 4.74 Å². The molecule has 0 spiro atoms. The highest BCUT2D eigenvalue weighted by Crippen LogP contribution is 2.22. The largest absolute Gasteiger partial charge is 0.465 e. The molecule has 0 aliphatic rings. The van der Waals surface area contributed by atoms with Crippen LogP contribution in [0.1, 0.15) is 23.7 Å². The fourth-order valence-electron chi connectivity index (χ4n) is 3.45. The zero-order chi connectivity index (χ0) is 22.7. The molecule has 1 amide bonds. The zero-order valence-electron chi connectivity index (χ0n) is 17.6. The van der Waals surface area contributed by atoms with Gasteiger partial charge in [-0.2, -0.15) is 0 Å². The van der Waals surface area contributed by atoms with Gasteiger partial charge in [0, 0.05) is 6.54 Å². The number of esters is 1. The Labute approximate surface area is 187 Å². The molecule has 0 bridgehead atoms. The highest BCUT2D eigenvalue weighted by molar-refractivity contribution is 7.99. The van der Waals surface area contributed by atoms with Crippen molar-refractivity contribution in [1.29, 1.82) is 0 Å². The van der Waals surface area contributed by atoms with Crippen molar-refractivity contribution in [2.24, 2.45) is 0 Å². The summed E-state index contributed by atoms with van der Waals surface area (Å²) in [7, 11) is 1.29. The molecule has 2 aromatic heterocycles. The van der Waals surface area contributed by atoms with Crippen LogP contribution in [0, 0.1) is 0 Å². The number of hydrogen-bond acceptors (Lipinski definition) is 7. The number of carbonyl (C=O) groups excluding carboxylic acids is 2. The summed E-state index contributed by atoms with van der Waals surface area (Å²) in [6.07, 6.45) is 0.769. The summed E-state index contributed by atoms with van der Waals surface area (Å²) in [5.74, 6) is -0.362. The Balaban J connectivity index is 1.63. The molecular formula is C22H21N5O4S. The number of nitrogens with one attached hydrogen (secondary N) is 1. The van der Waals surface area contributed by atoms with Gasteiger partial charge in [-0.1, -0.05) is 43.0 Å². The number of methoxy groups -OCH3 is 1. The Kier molecular flexibility index (Phi) is 6.22. The minimum atomic E-state index is -0.530. The van der Waals surface area contributed by atoms with Crippen LogP contribution in [0.25, 0.3) is 16.7 Å². The lowest BCUT2D eigenvalue weighted by atomic mass is 10.2. The van der Waals surface area contributed by atoms with Gasteiger partial charge in [0.1, 0.15) is 0 Å². The maximum absolute atomic E-state index is 12.9. The fraction of sp³-hybridized carbons (Fsp3) is 0.227. The van der Waals surface area contributed by atoms with Crippen LogP contribution in [0.2, 0.25) is 0 Å². The molecule has 0 aliphatic carbocycles. The van der Waals surface area contributed by atoms with E-state index in [1.54, 1.807) is 39.3 Å². The summed E-state index contributed by atoms with van der Waals surface area (Å²) in [6.45, 7) is 2.50. The summed E-state index contributed by atoms with van der Waals surface area (Å²) in [4.78, 5) is 37.4. The van der Waals surface area contributed by atoms with Crippen LogP contribution in [-0.2, 0) is 16.1 Å². The van der Waals surface area contributed by atoms with Crippen LogP contribution in [0.15, 0.2) is 58.5 Å². The topological polar surface area (TPSA) is 108 Å². The normalized spacial score (nSPS) is 11.1. The van der Waals surface area contributed by atoms with E-state index in [1.165, 1.54) is 18.9 Å². The monoisotopic (exact) mass is 451 g/mol. The van der Waals surface area contributed by atoms with Crippen molar-refractivity contribution >= 4 is 46.0 Å². The van der Waals surface area contributed by atoms with Crippen molar-refractivity contribution in [3.8, 4) is 0 Å². The number of para-hydroxylation sites is 2. The lowest BCUT2D eigenvalue weighted by Crippen LogP contribution is -2.23. The molecule has 0 unspecified atom stereocenters. The molecule has 32 heavy (non-hydrogen) atoms.